The lowest BCUT2D eigenvalue weighted by atomic mass is 9.73. The highest BCUT2D eigenvalue weighted by molar-refractivity contribution is 5.50. The number of hydrogen-bond acceptors (Lipinski definition) is 0. The molecule has 0 saturated carbocycles. The Morgan fingerprint density at radius 1 is 0.135 bits per heavy atom. The first-order valence-electron chi connectivity index (χ1n) is 36.9. The molecule has 15 aromatic rings. The summed E-state index contributed by atoms with van der Waals surface area (Å²) in [5.41, 5.74) is 28.1. The highest BCUT2D eigenvalue weighted by Crippen LogP contribution is 2.46. The molecule has 0 bridgehead atoms. The number of rotatable bonds is 19. The van der Waals surface area contributed by atoms with Crippen molar-refractivity contribution in [1.29, 1.82) is 0 Å². The molecule has 0 aromatic heterocycles. The molecular weight excluding hydrogens is 1250 g/mol. The molecule has 2 atom stereocenters. The molecule has 0 heterocycles. The van der Waals surface area contributed by atoms with E-state index in [1.165, 1.54) is 117 Å². The van der Waals surface area contributed by atoms with Crippen molar-refractivity contribution in [1.82, 2.24) is 0 Å². The second kappa shape index (κ2) is 36.8. The van der Waals surface area contributed by atoms with Gasteiger partial charge in [0.1, 0.15) is 0 Å². The zero-order valence-electron chi connectivity index (χ0n) is 61.1. The van der Waals surface area contributed by atoms with Crippen LogP contribution < -0.4 is 0 Å². The zero-order valence-corrected chi connectivity index (χ0v) is 61.1. The monoisotopic (exact) mass is 1340 g/mol. The Bertz CT molecular complexity index is 4420. The van der Waals surface area contributed by atoms with Gasteiger partial charge in [0, 0.05) is 41.4 Å². The molecule has 0 fully saturated rings. The normalized spacial score (nSPS) is 11.6. The lowest BCUT2D eigenvalue weighted by molar-refractivity contribution is 0.693. The van der Waals surface area contributed by atoms with Gasteiger partial charge >= 0.3 is 0 Å². The van der Waals surface area contributed by atoms with Crippen molar-refractivity contribution in [3.63, 3.8) is 0 Å². The Kier molecular flexibility index (Phi) is 25.5. The molecule has 104 heavy (non-hydrogen) atoms. The zero-order chi connectivity index (χ0) is 71.7. The standard InChI is InChI=1S/C30H30.C28H26.C26H22.C20H18/c1-21-5-13-25(14-6-21)29(26-15-7-22(2)8-16-26)30(27-17-9-23(3)10-18-27)28-19-11-24(4)12-20-28;1-21-13-17-25(18-14-21)27(23-9-5-3-6-10-23)28(24-11-7-4-8-12-24)26-19-15-22(2)16-20-26;1-5-13-21(14-6-1)25(22-15-7-2-8-16-22)26(23-17-9-3-10-18-23)24-19-11-4-12-20-24;1-4-10-17(11-5-1)16-20(18-12-6-2-7-13-18)19-14-8-3-9-15-19/h5-20,29-30H,1-4H3;3-20,27-28H,1-2H3;1-20,25-26H;1-15,20H,16H2. The van der Waals surface area contributed by atoms with E-state index in [0.29, 0.717) is 5.92 Å². The van der Waals surface area contributed by atoms with E-state index >= 15 is 0 Å². The molecular formula is C104H96. The van der Waals surface area contributed by atoms with Gasteiger partial charge in [0.15, 0.2) is 0 Å². The van der Waals surface area contributed by atoms with Crippen LogP contribution in [0.3, 0.4) is 0 Å². The van der Waals surface area contributed by atoms with E-state index in [1.807, 2.05) is 0 Å². The Morgan fingerprint density at radius 3 is 0.413 bits per heavy atom. The SMILES string of the molecule is Cc1ccc(C(c2ccc(C)cc2)C(c2ccc(C)cc2)c2ccc(C)cc2)cc1.Cc1ccc(C(c2ccccc2)C(c2ccccc2)c2ccc(C)cc2)cc1.c1ccc(C(c2ccccc2)C(c2ccccc2)c2ccccc2)cc1.c1ccc(CC(c2ccccc2)c2ccccc2)cc1. The first kappa shape index (κ1) is 72.1. The van der Waals surface area contributed by atoms with Gasteiger partial charge in [-0.3, -0.25) is 0 Å². The van der Waals surface area contributed by atoms with Crippen LogP contribution in [0.4, 0.5) is 0 Å². The van der Waals surface area contributed by atoms with Crippen LogP contribution >= 0.6 is 0 Å². The molecule has 0 heteroatoms. The van der Waals surface area contributed by atoms with E-state index in [4.69, 9.17) is 0 Å². The van der Waals surface area contributed by atoms with Crippen molar-refractivity contribution < 1.29 is 0 Å². The molecule has 15 aromatic carbocycles. The minimum absolute atomic E-state index is 0.247. The molecule has 0 amide bonds. The van der Waals surface area contributed by atoms with Gasteiger partial charge in [-0.05, 0) is 131 Å². The summed E-state index contributed by atoms with van der Waals surface area (Å²) in [5, 5.41) is 0. The molecule has 512 valence electrons. The number of aryl methyl sites for hydroxylation is 6. The molecule has 0 aliphatic heterocycles. The third kappa shape index (κ3) is 19.5. The van der Waals surface area contributed by atoms with Crippen LogP contribution in [0.25, 0.3) is 0 Å². The topological polar surface area (TPSA) is 0 Å². The summed E-state index contributed by atoms with van der Waals surface area (Å²) in [6.45, 7) is 12.9. The molecule has 15 rings (SSSR count). The lowest BCUT2D eigenvalue weighted by Gasteiger charge is -2.30. The highest BCUT2D eigenvalue weighted by Gasteiger charge is 2.31. The summed E-state index contributed by atoms with van der Waals surface area (Å²) in [6.07, 6.45) is 1.04. The van der Waals surface area contributed by atoms with E-state index < -0.39 is 0 Å². The molecule has 0 spiro atoms. The summed E-state index contributed by atoms with van der Waals surface area (Å²) in [4.78, 5) is 0. The summed E-state index contributed by atoms with van der Waals surface area (Å²) in [7, 11) is 0. The largest absolute Gasteiger partial charge is 0.0622 e. The van der Waals surface area contributed by atoms with Gasteiger partial charge in [-0.15, -0.1) is 0 Å². The third-order valence-corrected chi connectivity index (χ3v) is 20.3. The van der Waals surface area contributed by atoms with E-state index in [0.717, 1.165) is 6.42 Å². The summed E-state index contributed by atoms with van der Waals surface area (Å²) < 4.78 is 0. The van der Waals surface area contributed by atoms with Crippen molar-refractivity contribution in [2.24, 2.45) is 0 Å². The predicted molar refractivity (Wildman–Crippen MR) is 442 cm³/mol. The fourth-order valence-electron chi connectivity index (χ4n) is 14.7. The molecule has 0 N–H and O–H groups in total. The van der Waals surface area contributed by atoms with Crippen molar-refractivity contribution in [2.75, 3.05) is 0 Å². The van der Waals surface area contributed by atoms with Gasteiger partial charge in [0.2, 0.25) is 0 Å². The van der Waals surface area contributed by atoms with Crippen LogP contribution in [-0.2, 0) is 6.42 Å². The van der Waals surface area contributed by atoms with E-state index in [9.17, 15) is 0 Å². The number of hydrogen-bond donors (Lipinski definition) is 0. The maximum absolute atomic E-state index is 2.30. The summed E-state index contributed by atoms with van der Waals surface area (Å²) in [6, 6.07) is 152. The average Bonchev–Trinajstić information content (AvgIpc) is 0.800. The van der Waals surface area contributed by atoms with Crippen molar-refractivity contribution in [3.8, 4) is 0 Å². The van der Waals surface area contributed by atoms with Gasteiger partial charge in [-0.25, -0.2) is 0 Å². The fourth-order valence-corrected chi connectivity index (χ4v) is 14.7. The van der Waals surface area contributed by atoms with Gasteiger partial charge < -0.3 is 0 Å². The van der Waals surface area contributed by atoms with Crippen molar-refractivity contribution >= 4 is 0 Å². The average molecular weight is 1350 g/mol. The Morgan fingerprint density at radius 2 is 0.260 bits per heavy atom. The lowest BCUT2D eigenvalue weighted by Crippen LogP contribution is -2.15. The van der Waals surface area contributed by atoms with Crippen LogP contribution in [0.15, 0.2) is 419 Å². The maximum Gasteiger partial charge on any atom is 0.0199 e. The molecule has 0 aliphatic rings. The first-order chi connectivity index (χ1) is 51.1. The Hall–Kier alpha value is -11.7. The Labute approximate surface area is 620 Å². The molecule has 0 aliphatic carbocycles. The van der Waals surface area contributed by atoms with E-state index in [-0.39, 0.29) is 35.5 Å². The highest BCUT2D eigenvalue weighted by atomic mass is 14.3. The van der Waals surface area contributed by atoms with Gasteiger partial charge in [0.05, 0.1) is 0 Å². The second-order valence-corrected chi connectivity index (χ2v) is 27.9. The minimum atomic E-state index is 0.247. The summed E-state index contributed by atoms with van der Waals surface area (Å²) in [5.74, 6) is 1.95. The fraction of sp³-hybridized carbons (Fsp3) is 0.135. The van der Waals surface area contributed by atoms with E-state index in [2.05, 4.69) is 460 Å². The molecule has 0 radical (unpaired) electrons. The van der Waals surface area contributed by atoms with Crippen LogP contribution in [0.5, 0.6) is 0 Å². The van der Waals surface area contributed by atoms with Crippen LogP contribution in [0.2, 0.25) is 0 Å². The quantitative estimate of drug-likeness (QED) is 0.0757. The maximum atomic E-state index is 2.30. The minimum Gasteiger partial charge on any atom is -0.0622 e. The van der Waals surface area contributed by atoms with Gasteiger partial charge in [-0.1, -0.05) is 452 Å². The molecule has 0 nitrogen and oxygen atoms in total. The Balaban J connectivity index is 0.000000132. The smallest absolute Gasteiger partial charge is 0.0199 e. The van der Waals surface area contributed by atoms with Gasteiger partial charge in [-0.2, -0.15) is 0 Å². The molecule has 0 saturated heterocycles. The van der Waals surface area contributed by atoms with Crippen LogP contribution in [0.1, 0.15) is 158 Å². The second-order valence-electron chi connectivity index (χ2n) is 27.9. The molecule has 2 unspecified atom stereocenters. The first-order valence-corrected chi connectivity index (χ1v) is 36.9. The third-order valence-electron chi connectivity index (χ3n) is 20.3. The van der Waals surface area contributed by atoms with Crippen molar-refractivity contribution in [2.45, 2.75) is 89.4 Å². The summed E-state index contributed by atoms with van der Waals surface area (Å²) >= 11 is 0. The number of benzene rings is 15. The van der Waals surface area contributed by atoms with Crippen molar-refractivity contribution in [3.05, 3.63) is 535 Å². The van der Waals surface area contributed by atoms with E-state index in [1.54, 1.807) is 0 Å². The van der Waals surface area contributed by atoms with Crippen LogP contribution in [0, 0.1) is 41.5 Å². The van der Waals surface area contributed by atoms with Gasteiger partial charge in [0.25, 0.3) is 0 Å². The van der Waals surface area contributed by atoms with Crippen LogP contribution in [-0.4, -0.2) is 0 Å². The predicted octanol–water partition coefficient (Wildman–Crippen LogP) is 26.9.